The minimum Gasteiger partial charge on any atom is -0.381 e. The molecule has 2 amide bonds. The van der Waals surface area contributed by atoms with E-state index in [1.807, 2.05) is 23.1 Å². The number of carbonyl (C=O) groups is 2. The lowest BCUT2D eigenvalue weighted by molar-refractivity contribution is -0.136. The Morgan fingerprint density at radius 1 is 1.19 bits per heavy atom. The van der Waals surface area contributed by atoms with Gasteiger partial charge in [0.1, 0.15) is 0 Å². The van der Waals surface area contributed by atoms with E-state index in [1.165, 1.54) is 0 Å². The number of rotatable bonds is 5. The highest BCUT2D eigenvalue weighted by atomic mass is 35.5. The fourth-order valence-electron chi connectivity index (χ4n) is 3.85. The quantitative estimate of drug-likeness (QED) is 0.796. The zero-order valence-electron chi connectivity index (χ0n) is 15.6. The number of amides is 2. The number of hydrogen-bond donors (Lipinski definition) is 2. The van der Waals surface area contributed by atoms with Crippen LogP contribution in [0.15, 0.2) is 30.3 Å². The summed E-state index contributed by atoms with van der Waals surface area (Å²) in [6, 6.07) is 8.78. The number of benzene rings is 1. The van der Waals surface area contributed by atoms with Gasteiger partial charge < -0.3 is 20.7 Å². The van der Waals surface area contributed by atoms with Crippen LogP contribution in [0.5, 0.6) is 0 Å². The maximum absolute atomic E-state index is 12.8. The van der Waals surface area contributed by atoms with Gasteiger partial charge in [-0.1, -0.05) is 18.2 Å². The van der Waals surface area contributed by atoms with E-state index in [4.69, 9.17) is 10.5 Å². The van der Waals surface area contributed by atoms with E-state index in [-0.39, 0.29) is 36.1 Å². The van der Waals surface area contributed by atoms with Crippen molar-refractivity contribution in [2.45, 2.75) is 31.7 Å². The number of nitrogens with one attached hydrogen (secondary N) is 1. The van der Waals surface area contributed by atoms with Gasteiger partial charge in [-0.2, -0.15) is 0 Å². The summed E-state index contributed by atoms with van der Waals surface area (Å²) in [4.78, 5) is 26.9. The molecule has 0 saturated carbocycles. The number of likely N-dealkylation sites (tertiary alicyclic amines) is 1. The van der Waals surface area contributed by atoms with Crippen LogP contribution < -0.4 is 11.1 Å². The van der Waals surface area contributed by atoms with Crippen molar-refractivity contribution in [3.8, 4) is 0 Å². The van der Waals surface area contributed by atoms with Gasteiger partial charge in [0.2, 0.25) is 5.91 Å². The molecule has 3 rings (SSSR count). The molecular formula is C20H30ClN3O3. The Kier molecular flexibility index (Phi) is 8.54. The van der Waals surface area contributed by atoms with Crippen molar-refractivity contribution in [3.63, 3.8) is 0 Å². The first-order chi connectivity index (χ1) is 12.6. The average Bonchev–Trinajstić information content (AvgIpc) is 2.72. The number of nitrogens with two attached hydrogens (primary N) is 1. The van der Waals surface area contributed by atoms with Crippen molar-refractivity contribution in [1.29, 1.82) is 0 Å². The van der Waals surface area contributed by atoms with Gasteiger partial charge in [0.25, 0.3) is 5.91 Å². The standard InChI is InChI=1S/C20H29N3O3.ClH/c21-18(16-8-11-26-12-9-16)20(25)23-10-4-5-15(14-23)13-22-19(24)17-6-2-1-3-7-17;/h1-3,6-7,15-16,18H,4-5,8-14,21H2,(H,22,24);1H. The third kappa shape index (κ3) is 5.92. The minimum absolute atomic E-state index is 0. The molecule has 7 heteroatoms. The Bertz CT molecular complexity index is 608. The van der Waals surface area contributed by atoms with E-state index in [1.54, 1.807) is 12.1 Å². The summed E-state index contributed by atoms with van der Waals surface area (Å²) in [5.74, 6) is 0.487. The van der Waals surface area contributed by atoms with Gasteiger partial charge in [-0.25, -0.2) is 0 Å². The molecule has 0 radical (unpaired) electrons. The second kappa shape index (κ2) is 10.6. The van der Waals surface area contributed by atoms with Crippen molar-refractivity contribution in [1.82, 2.24) is 10.2 Å². The van der Waals surface area contributed by atoms with Gasteiger partial charge in [0, 0.05) is 38.4 Å². The first-order valence-corrected chi connectivity index (χ1v) is 9.60. The van der Waals surface area contributed by atoms with Crippen LogP contribution >= 0.6 is 12.4 Å². The fraction of sp³-hybridized carbons (Fsp3) is 0.600. The highest BCUT2D eigenvalue weighted by Gasteiger charge is 2.32. The third-order valence-electron chi connectivity index (χ3n) is 5.48. The molecule has 2 heterocycles. The molecule has 150 valence electrons. The molecule has 0 aliphatic carbocycles. The number of carbonyl (C=O) groups excluding carboxylic acids is 2. The number of ether oxygens (including phenoxy) is 1. The summed E-state index contributed by atoms with van der Waals surface area (Å²) >= 11 is 0. The van der Waals surface area contributed by atoms with Gasteiger partial charge in [0.15, 0.2) is 0 Å². The number of piperidine rings is 1. The molecule has 2 saturated heterocycles. The van der Waals surface area contributed by atoms with Crippen molar-refractivity contribution < 1.29 is 14.3 Å². The van der Waals surface area contributed by atoms with E-state index in [0.29, 0.717) is 31.9 Å². The van der Waals surface area contributed by atoms with E-state index in [0.717, 1.165) is 32.2 Å². The van der Waals surface area contributed by atoms with Crippen LogP contribution in [0, 0.1) is 11.8 Å². The smallest absolute Gasteiger partial charge is 0.251 e. The van der Waals surface area contributed by atoms with Crippen LogP contribution in [-0.4, -0.2) is 55.6 Å². The Hall–Kier alpha value is -1.63. The summed E-state index contributed by atoms with van der Waals surface area (Å²) in [6.07, 6.45) is 3.69. The predicted molar refractivity (Wildman–Crippen MR) is 107 cm³/mol. The lowest BCUT2D eigenvalue weighted by Gasteiger charge is -2.36. The fourth-order valence-corrected chi connectivity index (χ4v) is 3.85. The van der Waals surface area contributed by atoms with Gasteiger partial charge >= 0.3 is 0 Å². The maximum atomic E-state index is 12.8. The Morgan fingerprint density at radius 2 is 1.89 bits per heavy atom. The van der Waals surface area contributed by atoms with Crippen molar-refractivity contribution in [3.05, 3.63) is 35.9 Å². The Labute approximate surface area is 167 Å². The molecule has 2 fully saturated rings. The molecule has 6 nitrogen and oxygen atoms in total. The molecule has 0 bridgehead atoms. The third-order valence-corrected chi connectivity index (χ3v) is 5.48. The molecule has 2 aliphatic rings. The van der Waals surface area contributed by atoms with Crippen molar-refractivity contribution >= 4 is 24.2 Å². The van der Waals surface area contributed by atoms with Gasteiger partial charge in [-0.3, -0.25) is 9.59 Å². The van der Waals surface area contributed by atoms with Gasteiger partial charge in [-0.15, -0.1) is 12.4 Å². The van der Waals surface area contributed by atoms with Crippen LogP contribution in [0.1, 0.15) is 36.0 Å². The largest absolute Gasteiger partial charge is 0.381 e. The van der Waals surface area contributed by atoms with E-state index in [9.17, 15) is 9.59 Å². The lowest BCUT2D eigenvalue weighted by Crippen LogP contribution is -2.52. The normalized spacial score (nSPS) is 21.8. The average molecular weight is 396 g/mol. The highest BCUT2D eigenvalue weighted by Crippen LogP contribution is 2.22. The lowest BCUT2D eigenvalue weighted by atomic mass is 9.90. The topological polar surface area (TPSA) is 84.7 Å². The molecule has 27 heavy (non-hydrogen) atoms. The molecule has 3 N–H and O–H groups in total. The van der Waals surface area contributed by atoms with Gasteiger partial charge in [-0.05, 0) is 49.7 Å². The molecule has 2 atom stereocenters. The van der Waals surface area contributed by atoms with Crippen LogP contribution in [0.4, 0.5) is 0 Å². The monoisotopic (exact) mass is 395 g/mol. The van der Waals surface area contributed by atoms with E-state index >= 15 is 0 Å². The first-order valence-electron chi connectivity index (χ1n) is 9.60. The molecular weight excluding hydrogens is 366 g/mol. The van der Waals surface area contributed by atoms with Crippen LogP contribution in [0.25, 0.3) is 0 Å². The zero-order valence-corrected chi connectivity index (χ0v) is 16.5. The van der Waals surface area contributed by atoms with Crippen LogP contribution in [0.3, 0.4) is 0 Å². The molecule has 1 aromatic rings. The second-order valence-electron chi connectivity index (χ2n) is 7.34. The second-order valence-corrected chi connectivity index (χ2v) is 7.34. The number of hydrogen-bond acceptors (Lipinski definition) is 4. The predicted octanol–water partition coefficient (Wildman–Crippen LogP) is 1.83. The van der Waals surface area contributed by atoms with Crippen molar-refractivity contribution in [2.75, 3.05) is 32.8 Å². The Balaban J connectivity index is 0.00000261. The minimum atomic E-state index is -0.434. The Morgan fingerprint density at radius 3 is 2.59 bits per heavy atom. The summed E-state index contributed by atoms with van der Waals surface area (Å²) in [7, 11) is 0. The highest BCUT2D eigenvalue weighted by molar-refractivity contribution is 5.94. The molecule has 0 aromatic heterocycles. The SMILES string of the molecule is Cl.NC(C(=O)N1CCCC(CNC(=O)c2ccccc2)C1)C1CCOCC1. The maximum Gasteiger partial charge on any atom is 0.251 e. The molecule has 2 unspecified atom stereocenters. The first kappa shape index (κ1) is 21.7. The molecule has 1 aromatic carbocycles. The molecule has 2 aliphatic heterocycles. The van der Waals surface area contributed by atoms with E-state index in [2.05, 4.69) is 5.32 Å². The van der Waals surface area contributed by atoms with Crippen LogP contribution in [-0.2, 0) is 9.53 Å². The molecule has 0 spiro atoms. The summed E-state index contributed by atoms with van der Waals surface area (Å²) in [5.41, 5.74) is 6.91. The van der Waals surface area contributed by atoms with Gasteiger partial charge in [0.05, 0.1) is 6.04 Å². The van der Waals surface area contributed by atoms with Crippen molar-refractivity contribution in [2.24, 2.45) is 17.6 Å². The van der Waals surface area contributed by atoms with Crippen LogP contribution in [0.2, 0.25) is 0 Å². The van der Waals surface area contributed by atoms with E-state index < -0.39 is 6.04 Å². The number of nitrogens with zero attached hydrogens (tertiary/aromatic N) is 1. The summed E-state index contributed by atoms with van der Waals surface area (Å²) in [5, 5.41) is 3.00. The number of halogens is 1. The zero-order chi connectivity index (χ0) is 18.4. The summed E-state index contributed by atoms with van der Waals surface area (Å²) in [6.45, 7) is 3.41. The summed E-state index contributed by atoms with van der Waals surface area (Å²) < 4.78 is 5.36.